The maximum atomic E-state index is 7.20. The molecule has 0 atom stereocenters. The molecule has 0 fully saturated rings. The van der Waals surface area contributed by atoms with E-state index in [1.165, 1.54) is 27.8 Å². The second-order valence-corrected chi connectivity index (χ2v) is 23.3. The number of benzene rings is 6. The van der Waals surface area contributed by atoms with Gasteiger partial charge < -0.3 is 19.1 Å². The van der Waals surface area contributed by atoms with Gasteiger partial charge in [-0.15, -0.1) is 53.8 Å². The van der Waals surface area contributed by atoms with E-state index in [4.69, 9.17) is 9.72 Å². The molecule has 6 aromatic carbocycles. The van der Waals surface area contributed by atoms with Crippen LogP contribution in [-0.2, 0) is 48.1 Å². The van der Waals surface area contributed by atoms with Gasteiger partial charge in [0, 0.05) is 55.7 Å². The molecular weight excluding hydrogens is 1020 g/mol. The number of rotatable bonds is 8. The first-order valence-corrected chi connectivity index (χ1v) is 24.1. The third kappa shape index (κ3) is 9.82. The van der Waals surface area contributed by atoms with E-state index in [0.717, 1.165) is 55.8 Å². The number of hydrogen-bond acceptors (Lipinski definition) is 4. The third-order valence-electron chi connectivity index (χ3n) is 13.6. The van der Waals surface area contributed by atoms with E-state index in [1.807, 2.05) is 6.20 Å². The van der Waals surface area contributed by atoms with E-state index in [2.05, 4.69) is 270 Å². The second-order valence-electron chi connectivity index (χ2n) is 23.3. The fraction of sp³-hybridized carbons (Fsp3) is 0.302. The topological polar surface area (TPSA) is 33.5 Å². The molecule has 5 nitrogen and oxygen atoms in total. The molecule has 0 spiro atoms. The minimum atomic E-state index is -0.387. The van der Waals surface area contributed by atoms with Crippen LogP contribution < -0.4 is 14.5 Å². The number of ether oxygens (including phenoxy) is 1. The molecule has 0 unspecified atom stereocenters. The predicted octanol–water partition coefficient (Wildman–Crippen LogP) is 16.5. The molecule has 3 heterocycles. The molecule has 9 rings (SSSR count). The van der Waals surface area contributed by atoms with Crippen LogP contribution in [0.2, 0.25) is 0 Å². The molecular formula is C63H67N4OPt-3. The Kier molecular flexibility index (Phi) is 13.0. The molecule has 0 amide bonds. The van der Waals surface area contributed by atoms with E-state index >= 15 is 0 Å². The van der Waals surface area contributed by atoms with Crippen molar-refractivity contribution in [3.8, 4) is 17.3 Å². The number of nitrogens with zero attached hydrogens (tertiary/aromatic N) is 4. The van der Waals surface area contributed by atoms with E-state index in [1.54, 1.807) is 0 Å². The number of fused-ring (bicyclic) bond motifs is 3. The Bertz CT molecular complexity index is 3160. The van der Waals surface area contributed by atoms with Gasteiger partial charge in [-0.3, -0.25) is 0 Å². The molecule has 0 saturated heterocycles. The first-order chi connectivity index (χ1) is 32.0. The minimum absolute atomic E-state index is 0. The van der Waals surface area contributed by atoms with Crippen LogP contribution in [0.25, 0.3) is 33.3 Å². The van der Waals surface area contributed by atoms with Gasteiger partial charge in [-0.05, 0) is 96.8 Å². The number of aromatic nitrogens is 2. The third-order valence-corrected chi connectivity index (χ3v) is 13.6. The Hall–Kier alpha value is -5.90. The average molecular weight is 1090 g/mol. The first-order valence-electron chi connectivity index (χ1n) is 24.1. The molecule has 69 heavy (non-hydrogen) atoms. The SMILES string of the molecule is CC(C)(C)c1cc(N2C=C(c3ccccc3)N(c3[c-]c(Oc4[c-]c5c(c(C(C)(C)C)c4)c4ccccc4n5-c4cc(C(C)(C)C)ccn4)cc(C(C)(C)c4ccccc4)c3)[CH-]2)cc(C(C)(C)C)c1.[Pt]. The molecule has 6 heteroatoms. The molecule has 0 aliphatic carbocycles. The van der Waals surface area contributed by atoms with Gasteiger partial charge in [-0.2, -0.15) is 0 Å². The quantitative estimate of drug-likeness (QED) is 0.142. The van der Waals surface area contributed by atoms with Gasteiger partial charge in [0.25, 0.3) is 0 Å². The molecule has 1 aliphatic heterocycles. The Morgan fingerprint density at radius 3 is 1.75 bits per heavy atom. The normalized spacial score (nSPS) is 13.8. The molecule has 0 bridgehead atoms. The van der Waals surface area contributed by atoms with Crippen LogP contribution in [0.3, 0.4) is 0 Å². The average Bonchev–Trinajstić information content (AvgIpc) is 3.89. The van der Waals surface area contributed by atoms with Gasteiger partial charge in [0.05, 0.1) is 0 Å². The van der Waals surface area contributed by atoms with Gasteiger partial charge >= 0.3 is 0 Å². The van der Waals surface area contributed by atoms with Crippen LogP contribution in [-0.4, -0.2) is 9.55 Å². The molecule has 0 saturated carbocycles. The number of para-hydroxylation sites is 1. The number of hydrogen-bond donors (Lipinski definition) is 0. The Balaban J connectivity index is 0.00000642. The zero-order valence-corrected chi connectivity index (χ0v) is 45.2. The van der Waals surface area contributed by atoms with Crippen molar-refractivity contribution in [2.45, 2.75) is 124 Å². The summed E-state index contributed by atoms with van der Waals surface area (Å²) in [5, 5.41) is 2.32. The Morgan fingerprint density at radius 1 is 0.536 bits per heavy atom. The van der Waals surface area contributed by atoms with Crippen LogP contribution in [0.5, 0.6) is 11.5 Å². The summed E-state index contributed by atoms with van der Waals surface area (Å²) >= 11 is 0. The van der Waals surface area contributed by atoms with Crippen molar-refractivity contribution in [3.05, 3.63) is 204 Å². The fourth-order valence-electron chi connectivity index (χ4n) is 9.29. The largest absolute Gasteiger partial charge is 0.509 e. The summed E-state index contributed by atoms with van der Waals surface area (Å²) < 4.78 is 9.46. The summed E-state index contributed by atoms with van der Waals surface area (Å²) in [5.41, 5.74) is 12.7. The summed E-state index contributed by atoms with van der Waals surface area (Å²) in [7, 11) is 0. The number of anilines is 2. The van der Waals surface area contributed by atoms with Crippen molar-refractivity contribution >= 4 is 38.9 Å². The fourth-order valence-corrected chi connectivity index (χ4v) is 9.29. The number of pyridine rings is 1. The van der Waals surface area contributed by atoms with Crippen molar-refractivity contribution in [1.29, 1.82) is 0 Å². The molecule has 8 aromatic rings. The monoisotopic (exact) mass is 1090 g/mol. The van der Waals surface area contributed by atoms with Crippen molar-refractivity contribution in [2.75, 3.05) is 9.80 Å². The van der Waals surface area contributed by atoms with E-state index in [0.29, 0.717) is 11.5 Å². The minimum Gasteiger partial charge on any atom is -0.509 e. The standard InChI is InChI=1S/C63H67N4O.Pt/c1-59(2,3)44-29-30-64-57(36-44)67-54-28-22-21-27-52(54)58-53(62(10,11)12)38-51(39-55(58)67)68-50-35-47(63(13,14)43-25-19-16-20-26-43)34-49(37-50)66-41-65(40-56(66)42-23-17-15-18-24-42)48-32-45(60(4,5)6)31-46(33-48)61(7,8)9;/h15-36,38,40-41H,1-14H3;/q-3;. The summed E-state index contributed by atoms with van der Waals surface area (Å²) in [6.07, 6.45) is 4.18. The van der Waals surface area contributed by atoms with Crippen LogP contribution in [0.15, 0.2) is 146 Å². The Labute approximate surface area is 426 Å². The summed E-state index contributed by atoms with van der Waals surface area (Å²) in [5.74, 6) is 2.08. The zero-order valence-electron chi connectivity index (χ0n) is 42.9. The van der Waals surface area contributed by atoms with E-state index in [-0.39, 0.29) is 48.1 Å². The van der Waals surface area contributed by atoms with Crippen LogP contribution in [0, 0.1) is 18.8 Å². The van der Waals surface area contributed by atoms with Crippen LogP contribution in [0.1, 0.15) is 136 Å². The van der Waals surface area contributed by atoms with E-state index < -0.39 is 0 Å². The van der Waals surface area contributed by atoms with Crippen LogP contribution in [0.4, 0.5) is 11.4 Å². The van der Waals surface area contributed by atoms with Gasteiger partial charge in [0.15, 0.2) is 0 Å². The van der Waals surface area contributed by atoms with Crippen molar-refractivity contribution < 1.29 is 25.8 Å². The first kappa shape index (κ1) is 49.5. The summed E-state index contributed by atoms with van der Waals surface area (Å²) in [4.78, 5) is 9.54. The maximum absolute atomic E-state index is 7.20. The molecule has 1 aliphatic rings. The molecule has 2 aromatic heterocycles. The smallest absolute Gasteiger partial charge is 0.135 e. The second kappa shape index (κ2) is 18.1. The van der Waals surface area contributed by atoms with E-state index in [9.17, 15) is 0 Å². The van der Waals surface area contributed by atoms with Crippen molar-refractivity contribution in [3.63, 3.8) is 0 Å². The summed E-state index contributed by atoms with van der Waals surface area (Å²) in [6.45, 7) is 34.1. The van der Waals surface area contributed by atoms with Gasteiger partial charge in [0.2, 0.25) is 0 Å². The Morgan fingerprint density at radius 2 is 1.13 bits per heavy atom. The molecule has 0 radical (unpaired) electrons. The maximum Gasteiger partial charge on any atom is 0.135 e. The molecule has 0 N–H and O–H groups in total. The van der Waals surface area contributed by atoms with Crippen molar-refractivity contribution in [1.82, 2.24) is 9.55 Å². The molecule has 358 valence electrons. The zero-order chi connectivity index (χ0) is 48.6. The van der Waals surface area contributed by atoms with Gasteiger partial charge in [-0.25, -0.2) is 4.98 Å². The van der Waals surface area contributed by atoms with Gasteiger partial charge in [0.1, 0.15) is 5.82 Å². The van der Waals surface area contributed by atoms with Gasteiger partial charge in [-0.1, -0.05) is 193 Å². The summed E-state index contributed by atoms with van der Waals surface area (Å²) in [6, 6.07) is 55.7. The van der Waals surface area contributed by atoms with Crippen molar-refractivity contribution in [2.24, 2.45) is 0 Å². The predicted molar refractivity (Wildman–Crippen MR) is 286 cm³/mol. The van der Waals surface area contributed by atoms with Crippen LogP contribution >= 0.6 is 0 Å².